The summed E-state index contributed by atoms with van der Waals surface area (Å²) in [7, 11) is 0. The van der Waals surface area contributed by atoms with E-state index in [-0.39, 0.29) is 5.92 Å². The molecule has 1 aromatic carbocycles. The zero-order valence-corrected chi connectivity index (χ0v) is 8.44. The minimum Gasteiger partial charge on any atom is -0.246 e. The molecule has 1 heteroatoms. The molecule has 1 aliphatic rings. The Morgan fingerprint density at radius 3 is 2.27 bits per heavy atom. The first-order valence-electron chi connectivity index (χ1n) is 5.07. The Morgan fingerprint density at radius 2 is 1.60 bits per heavy atom. The SMILES string of the molecule is FCc1ccccc1C1C=CC=CC=C1. The number of hydrogen-bond acceptors (Lipinski definition) is 0. The van der Waals surface area contributed by atoms with Crippen LogP contribution in [0.5, 0.6) is 0 Å². The van der Waals surface area contributed by atoms with Crippen molar-refractivity contribution >= 4 is 0 Å². The highest BCUT2D eigenvalue weighted by Gasteiger charge is 2.09. The lowest BCUT2D eigenvalue weighted by Gasteiger charge is -2.11. The summed E-state index contributed by atoms with van der Waals surface area (Å²) in [6, 6.07) is 7.66. The van der Waals surface area contributed by atoms with E-state index in [2.05, 4.69) is 12.2 Å². The first-order chi connectivity index (χ1) is 7.42. The molecule has 0 atom stereocenters. The first kappa shape index (κ1) is 9.91. The predicted molar refractivity (Wildman–Crippen MR) is 61.4 cm³/mol. The Balaban J connectivity index is 2.36. The normalized spacial score (nSPS) is 15.5. The van der Waals surface area contributed by atoms with E-state index in [1.54, 1.807) is 0 Å². The first-order valence-corrected chi connectivity index (χ1v) is 5.07. The van der Waals surface area contributed by atoms with E-state index in [0.29, 0.717) is 0 Å². The topological polar surface area (TPSA) is 0 Å². The van der Waals surface area contributed by atoms with Gasteiger partial charge in [0.05, 0.1) is 0 Å². The third kappa shape index (κ3) is 2.24. The molecule has 0 amide bonds. The van der Waals surface area contributed by atoms with E-state index >= 15 is 0 Å². The smallest absolute Gasteiger partial charge is 0.115 e. The van der Waals surface area contributed by atoms with Gasteiger partial charge in [-0.3, -0.25) is 0 Å². The van der Waals surface area contributed by atoms with Gasteiger partial charge in [-0.2, -0.15) is 0 Å². The van der Waals surface area contributed by atoms with E-state index in [1.807, 2.05) is 48.6 Å². The van der Waals surface area contributed by atoms with Gasteiger partial charge in [0.25, 0.3) is 0 Å². The molecule has 0 radical (unpaired) electrons. The molecule has 15 heavy (non-hydrogen) atoms. The molecule has 0 aliphatic heterocycles. The van der Waals surface area contributed by atoms with E-state index in [0.717, 1.165) is 11.1 Å². The number of allylic oxidation sites excluding steroid dienone is 6. The second-order valence-corrected chi connectivity index (χ2v) is 3.51. The molecule has 0 unspecified atom stereocenters. The Labute approximate surface area is 89.4 Å². The number of rotatable bonds is 2. The van der Waals surface area contributed by atoms with Crippen molar-refractivity contribution in [1.29, 1.82) is 0 Å². The van der Waals surface area contributed by atoms with E-state index in [9.17, 15) is 4.39 Å². The second kappa shape index (κ2) is 4.74. The summed E-state index contributed by atoms with van der Waals surface area (Å²) in [4.78, 5) is 0. The van der Waals surface area contributed by atoms with Gasteiger partial charge in [-0.1, -0.05) is 60.7 Å². The van der Waals surface area contributed by atoms with Crippen LogP contribution in [0.1, 0.15) is 17.0 Å². The van der Waals surface area contributed by atoms with Crippen LogP contribution >= 0.6 is 0 Å². The lowest BCUT2D eigenvalue weighted by molar-refractivity contribution is 0.482. The van der Waals surface area contributed by atoms with Crippen LogP contribution in [-0.4, -0.2) is 0 Å². The Hall–Kier alpha value is -1.63. The van der Waals surface area contributed by atoms with Gasteiger partial charge in [-0.05, 0) is 11.1 Å². The fourth-order valence-corrected chi connectivity index (χ4v) is 1.75. The van der Waals surface area contributed by atoms with Gasteiger partial charge in [-0.25, -0.2) is 4.39 Å². The van der Waals surface area contributed by atoms with Crippen molar-refractivity contribution in [2.75, 3.05) is 0 Å². The van der Waals surface area contributed by atoms with Crippen LogP contribution in [0, 0.1) is 0 Å². The Kier molecular flexibility index (Phi) is 3.13. The van der Waals surface area contributed by atoms with Crippen LogP contribution in [0.25, 0.3) is 0 Å². The maximum Gasteiger partial charge on any atom is 0.115 e. The summed E-state index contributed by atoms with van der Waals surface area (Å²) >= 11 is 0. The minimum atomic E-state index is -0.401. The molecule has 0 heterocycles. The van der Waals surface area contributed by atoms with Gasteiger partial charge >= 0.3 is 0 Å². The zero-order valence-electron chi connectivity index (χ0n) is 8.44. The van der Waals surface area contributed by atoms with Gasteiger partial charge < -0.3 is 0 Å². The maximum atomic E-state index is 12.8. The fraction of sp³-hybridized carbons (Fsp3) is 0.143. The third-order valence-corrected chi connectivity index (χ3v) is 2.53. The highest BCUT2D eigenvalue weighted by molar-refractivity contribution is 5.38. The molecule has 0 saturated carbocycles. The summed E-state index contributed by atoms with van der Waals surface area (Å²) in [5.74, 6) is 0.187. The summed E-state index contributed by atoms with van der Waals surface area (Å²) in [5, 5.41) is 0. The van der Waals surface area contributed by atoms with Crippen LogP contribution in [-0.2, 0) is 6.67 Å². The summed E-state index contributed by atoms with van der Waals surface area (Å²) in [5.41, 5.74) is 1.83. The largest absolute Gasteiger partial charge is 0.246 e. The summed E-state index contributed by atoms with van der Waals surface area (Å²) < 4.78 is 12.8. The van der Waals surface area contributed by atoms with Gasteiger partial charge in [0.15, 0.2) is 0 Å². The van der Waals surface area contributed by atoms with E-state index < -0.39 is 6.67 Å². The number of alkyl halides is 1. The van der Waals surface area contributed by atoms with Gasteiger partial charge in [0.1, 0.15) is 6.67 Å². The third-order valence-electron chi connectivity index (χ3n) is 2.53. The lowest BCUT2D eigenvalue weighted by atomic mass is 9.94. The molecule has 0 nitrogen and oxygen atoms in total. The molecule has 0 spiro atoms. The van der Waals surface area contributed by atoms with Crippen LogP contribution in [0.2, 0.25) is 0 Å². The highest BCUT2D eigenvalue weighted by atomic mass is 19.1. The zero-order chi connectivity index (χ0) is 10.5. The van der Waals surface area contributed by atoms with Crippen molar-refractivity contribution in [3.63, 3.8) is 0 Å². The minimum absolute atomic E-state index is 0.187. The van der Waals surface area contributed by atoms with Crippen molar-refractivity contribution in [2.24, 2.45) is 0 Å². The van der Waals surface area contributed by atoms with Gasteiger partial charge in [-0.15, -0.1) is 0 Å². The standard InChI is InChI=1S/C14H13F/c15-11-13-9-5-6-10-14(13)12-7-3-1-2-4-8-12/h1-10,12H,11H2. The van der Waals surface area contributed by atoms with Crippen molar-refractivity contribution in [3.05, 3.63) is 71.8 Å². The second-order valence-electron chi connectivity index (χ2n) is 3.51. The Bertz CT molecular complexity index is 397. The van der Waals surface area contributed by atoms with Crippen molar-refractivity contribution in [2.45, 2.75) is 12.6 Å². The van der Waals surface area contributed by atoms with Gasteiger partial charge in [0, 0.05) is 5.92 Å². The lowest BCUT2D eigenvalue weighted by Crippen LogP contribution is -1.96. The number of halogens is 1. The molecule has 1 aliphatic carbocycles. The van der Waals surface area contributed by atoms with Crippen LogP contribution in [0.15, 0.2) is 60.7 Å². The highest BCUT2D eigenvalue weighted by Crippen LogP contribution is 2.24. The number of hydrogen-bond donors (Lipinski definition) is 0. The van der Waals surface area contributed by atoms with Crippen molar-refractivity contribution < 1.29 is 4.39 Å². The van der Waals surface area contributed by atoms with Crippen LogP contribution in [0.3, 0.4) is 0 Å². The fourth-order valence-electron chi connectivity index (χ4n) is 1.75. The molecule has 0 N–H and O–H groups in total. The van der Waals surface area contributed by atoms with E-state index in [1.165, 1.54) is 0 Å². The molecule has 0 aromatic heterocycles. The molecular formula is C14H13F. The average Bonchev–Trinajstić information content (AvgIpc) is 2.57. The summed E-state index contributed by atoms with van der Waals surface area (Å²) in [6.07, 6.45) is 12.1. The quantitative estimate of drug-likeness (QED) is 0.678. The van der Waals surface area contributed by atoms with Crippen molar-refractivity contribution in [1.82, 2.24) is 0 Å². The molecule has 76 valence electrons. The average molecular weight is 200 g/mol. The molecule has 1 aromatic rings. The molecule has 0 saturated heterocycles. The van der Waals surface area contributed by atoms with Crippen LogP contribution < -0.4 is 0 Å². The maximum absolute atomic E-state index is 12.8. The molecular weight excluding hydrogens is 187 g/mol. The van der Waals surface area contributed by atoms with E-state index in [4.69, 9.17) is 0 Å². The number of benzene rings is 1. The monoisotopic (exact) mass is 200 g/mol. The van der Waals surface area contributed by atoms with Gasteiger partial charge in [0.2, 0.25) is 0 Å². The molecule has 2 rings (SSSR count). The molecule has 0 bridgehead atoms. The predicted octanol–water partition coefficient (Wildman–Crippen LogP) is 3.92. The Morgan fingerprint density at radius 1 is 0.933 bits per heavy atom. The van der Waals surface area contributed by atoms with Crippen LogP contribution in [0.4, 0.5) is 4.39 Å². The summed E-state index contributed by atoms with van der Waals surface area (Å²) in [6.45, 7) is -0.401. The van der Waals surface area contributed by atoms with Crippen molar-refractivity contribution in [3.8, 4) is 0 Å². The molecule has 0 fully saturated rings.